The summed E-state index contributed by atoms with van der Waals surface area (Å²) in [5.41, 5.74) is 0.394. The van der Waals surface area contributed by atoms with E-state index in [9.17, 15) is 14.7 Å². The van der Waals surface area contributed by atoms with Gasteiger partial charge in [-0.15, -0.1) is 0 Å². The van der Waals surface area contributed by atoms with Crippen LogP contribution in [0.1, 0.15) is 12.8 Å². The highest BCUT2D eigenvalue weighted by atomic mass is 79.9. The summed E-state index contributed by atoms with van der Waals surface area (Å²) >= 11 is 9.41. The number of phenols is 1. The summed E-state index contributed by atoms with van der Waals surface area (Å²) in [5.74, 6) is -0.00195. The number of piperidine rings is 1. The molecule has 2 N–H and O–H groups in total. The number of nitrogens with one attached hydrogen (secondary N) is 1. The van der Waals surface area contributed by atoms with E-state index in [1.165, 1.54) is 6.07 Å². The van der Waals surface area contributed by atoms with E-state index in [1.54, 1.807) is 41.3 Å². The second kappa shape index (κ2) is 9.30. The van der Waals surface area contributed by atoms with Gasteiger partial charge in [0.15, 0.2) is 6.61 Å². The molecule has 1 aliphatic rings. The molecule has 0 spiro atoms. The van der Waals surface area contributed by atoms with Gasteiger partial charge in [-0.2, -0.15) is 0 Å². The highest BCUT2D eigenvalue weighted by molar-refractivity contribution is 9.10. The molecule has 1 fully saturated rings. The minimum atomic E-state index is -0.203. The van der Waals surface area contributed by atoms with Crippen molar-refractivity contribution in [1.82, 2.24) is 4.90 Å². The Bertz CT molecular complexity index is 869. The second-order valence-electron chi connectivity index (χ2n) is 6.52. The normalized spacial score (nSPS) is 14.6. The Morgan fingerprint density at radius 3 is 2.61 bits per heavy atom. The Balaban J connectivity index is 1.47. The van der Waals surface area contributed by atoms with Crippen molar-refractivity contribution in [1.29, 1.82) is 0 Å². The quantitative estimate of drug-likeness (QED) is 0.650. The maximum Gasteiger partial charge on any atom is 0.260 e. The lowest BCUT2D eigenvalue weighted by Crippen LogP contribution is -2.43. The Hall–Kier alpha value is -2.25. The van der Waals surface area contributed by atoms with Crippen LogP contribution in [-0.2, 0) is 9.59 Å². The zero-order valence-electron chi connectivity index (χ0n) is 15.0. The van der Waals surface area contributed by atoms with Gasteiger partial charge in [0, 0.05) is 23.5 Å². The Kier molecular flexibility index (Phi) is 6.80. The lowest BCUT2D eigenvalue weighted by Gasteiger charge is -2.31. The maximum atomic E-state index is 12.4. The van der Waals surface area contributed by atoms with Gasteiger partial charge >= 0.3 is 0 Å². The van der Waals surface area contributed by atoms with Gasteiger partial charge in [0.25, 0.3) is 5.91 Å². The van der Waals surface area contributed by atoms with Gasteiger partial charge in [0.1, 0.15) is 11.5 Å². The zero-order chi connectivity index (χ0) is 20.1. The number of anilines is 1. The van der Waals surface area contributed by atoms with Crippen LogP contribution in [0.15, 0.2) is 46.9 Å². The number of halogens is 2. The highest BCUT2D eigenvalue weighted by Gasteiger charge is 2.28. The molecule has 6 nitrogen and oxygen atoms in total. The average Bonchev–Trinajstić information content (AvgIpc) is 2.69. The third-order valence-corrected chi connectivity index (χ3v) is 5.41. The third kappa shape index (κ3) is 5.17. The number of amides is 2. The molecule has 2 aromatic rings. The number of nitrogens with zero attached hydrogens (tertiary/aromatic N) is 1. The number of carbonyl (C=O) groups excluding carboxylic acids is 2. The standard InChI is InChI=1S/C20H20BrClN2O4/c21-14-5-6-18(15(22)11-14)28-12-19(26)24-9-7-13(8-10-24)20(27)23-16-3-1-2-4-17(16)25/h1-6,11,13,25H,7-10,12H2,(H,23,27). The zero-order valence-corrected chi connectivity index (χ0v) is 17.4. The van der Waals surface area contributed by atoms with Crippen LogP contribution in [0.25, 0.3) is 0 Å². The largest absolute Gasteiger partial charge is 0.506 e. The number of ether oxygens (including phenoxy) is 1. The fourth-order valence-electron chi connectivity index (χ4n) is 3.03. The number of benzene rings is 2. The van der Waals surface area contributed by atoms with Crippen LogP contribution in [0.3, 0.4) is 0 Å². The van der Waals surface area contributed by atoms with Crippen LogP contribution in [0.2, 0.25) is 5.02 Å². The van der Waals surface area contributed by atoms with Gasteiger partial charge in [-0.1, -0.05) is 39.7 Å². The van der Waals surface area contributed by atoms with Crippen molar-refractivity contribution in [3.05, 3.63) is 52.0 Å². The summed E-state index contributed by atoms with van der Waals surface area (Å²) < 4.78 is 6.36. The molecule has 0 aliphatic carbocycles. The lowest BCUT2D eigenvalue weighted by atomic mass is 9.95. The summed E-state index contributed by atoms with van der Waals surface area (Å²) in [5, 5.41) is 12.9. The summed E-state index contributed by atoms with van der Waals surface area (Å²) in [7, 11) is 0. The van der Waals surface area contributed by atoms with Gasteiger partial charge in [-0.25, -0.2) is 0 Å². The number of hydrogen-bond donors (Lipinski definition) is 2. The van der Waals surface area contributed by atoms with Crippen LogP contribution in [0, 0.1) is 5.92 Å². The van der Waals surface area contributed by atoms with Crippen LogP contribution in [0.5, 0.6) is 11.5 Å². The molecule has 2 amide bonds. The van der Waals surface area contributed by atoms with Crippen LogP contribution in [-0.4, -0.2) is 41.5 Å². The van der Waals surface area contributed by atoms with Gasteiger partial charge in [-0.3, -0.25) is 9.59 Å². The van der Waals surface area contributed by atoms with Gasteiger partial charge in [0.05, 0.1) is 10.7 Å². The van der Waals surface area contributed by atoms with E-state index in [4.69, 9.17) is 16.3 Å². The first-order chi connectivity index (χ1) is 13.4. The molecule has 3 rings (SSSR count). The van der Waals surface area contributed by atoms with Crippen molar-refractivity contribution in [3.63, 3.8) is 0 Å². The molecule has 8 heteroatoms. The fourth-order valence-corrected chi connectivity index (χ4v) is 3.76. The minimum Gasteiger partial charge on any atom is -0.506 e. The first-order valence-electron chi connectivity index (χ1n) is 8.88. The summed E-state index contributed by atoms with van der Waals surface area (Å²) in [6, 6.07) is 11.8. The summed E-state index contributed by atoms with van der Waals surface area (Å²) in [6.45, 7) is 0.861. The van der Waals surface area contributed by atoms with Crippen molar-refractivity contribution in [2.45, 2.75) is 12.8 Å². The monoisotopic (exact) mass is 466 g/mol. The molecule has 148 valence electrons. The number of aromatic hydroxyl groups is 1. The van der Waals surface area contributed by atoms with Gasteiger partial charge in [-0.05, 0) is 43.2 Å². The SMILES string of the molecule is O=C(Nc1ccccc1O)C1CCN(C(=O)COc2ccc(Br)cc2Cl)CC1. The van der Waals surface area contributed by atoms with E-state index in [0.717, 1.165) is 4.47 Å². The van der Waals surface area contributed by atoms with Crippen molar-refractivity contribution >= 4 is 45.0 Å². The van der Waals surface area contributed by atoms with Crippen molar-refractivity contribution < 1.29 is 19.4 Å². The molecule has 28 heavy (non-hydrogen) atoms. The number of hydrogen-bond acceptors (Lipinski definition) is 4. The molecule has 0 bridgehead atoms. The third-order valence-electron chi connectivity index (χ3n) is 4.63. The second-order valence-corrected chi connectivity index (χ2v) is 7.85. The highest BCUT2D eigenvalue weighted by Crippen LogP contribution is 2.28. The van der Waals surface area contributed by atoms with Crippen LogP contribution < -0.4 is 10.1 Å². The number of carbonyl (C=O) groups is 2. The van der Waals surface area contributed by atoms with E-state index < -0.39 is 0 Å². The van der Waals surface area contributed by atoms with E-state index >= 15 is 0 Å². The van der Waals surface area contributed by atoms with Crippen molar-refractivity contribution in [2.24, 2.45) is 5.92 Å². The maximum absolute atomic E-state index is 12.4. The molecule has 0 saturated carbocycles. The number of likely N-dealkylation sites (tertiary alicyclic amines) is 1. The molecule has 1 heterocycles. The summed E-state index contributed by atoms with van der Waals surface area (Å²) in [4.78, 5) is 26.5. The first kappa shape index (κ1) is 20.5. The number of phenolic OH excluding ortho intramolecular Hbond substituents is 1. The van der Waals surface area contributed by atoms with Gasteiger partial charge < -0.3 is 20.1 Å². The van der Waals surface area contributed by atoms with E-state index in [2.05, 4.69) is 21.2 Å². The van der Waals surface area contributed by atoms with Gasteiger partial charge in [0.2, 0.25) is 5.91 Å². The lowest BCUT2D eigenvalue weighted by molar-refractivity contribution is -0.136. The number of para-hydroxylation sites is 2. The van der Waals surface area contributed by atoms with E-state index in [-0.39, 0.29) is 30.1 Å². The molecule has 0 aromatic heterocycles. The molecule has 1 aliphatic heterocycles. The minimum absolute atomic E-state index is 0.0345. The molecule has 1 saturated heterocycles. The predicted molar refractivity (Wildman–Crippen MR) is 111 cm³/mol. The number of rotatable bonds is 5. The molecule has 0 atom stereocenters. The van der Waals surface area contributed by atoms with Crippen LogP contribution in [0.4, 0.5) is 5.69 Å². The van der Waals surface area contributed by atoms with Crippen molar-refractivity contribution in [2.75, 3.05) is 25.0 Å². The topological polar surface area (TPSA) is 78.9 Å². The Morgan fingerprint density at radius 2 is 1.93 bits per heavy atom. The average molecular weight is 468 g/mol. The molecule has 0 unspecified atom stereocenters. The van der Waals surface area contributed by atoms with E-state index in [0.29, 0.717) is 42.4 Å². The molecular weight excluding hydrogens is 448 g/mol. The first-order valence-corrected chi connectivity index (χ1v) is 10.1. The molecule has 0 radical (unpaired) electrons. The summed E-state index contributed by atoms with van der Waals surface area (Å²) in [6.07, 6.45) is 1.12. The molecule has 2 aromatic carbocycles. The van der Waals surface area contributed by atoms with Crippen LogP contribution >= 0.6 is 27.5 Å². The molecular formula is C20H20BrClN2O4. The predicted octanol–water partition coefficient (Wildman–Crippen LogP) is 4.06. The Labute approximate surface area is 176 Å². The smallest absolute Gasteiger partial charge is 0.260 e. The van der Waals surface area contributed by atoms with Crippen molar-refractivity contribution in [3.8, 4) is 11.5 Å². The Morgan fingerprint density at radius 1 is 1.21 bits per heavy atom. The fraction of sp³-hybridized carbons (Fsp3) is 0.300. The van der Waals surface area contributed by atoms with E-state index in [1.807, 2.05) is 0 Å².